The molecule has 0 heterocycles. The number of benzene rings is 7. The number of fused-ring (bicyclic) bond motifs is 2. The van der Waals surface area contributed by atoms with Crippen LogP contribution in [0.25, 0.3) is 21.5 Å². The summed E-state index contributed by atoms with van der Waals surface area (Å²) in [6.07, 6.45) is 0. The predicted octanol–water partition coefficient (Wildman–Crippen LogP) is 9.05. The molecule has 0 atom stereocenters. The van der Waals surface area contributed by atoms with Gasteiger partial charge in [-0.2, -0.15) is 47.2 Å². The number of aromatic carboxylic acids is 1. The second kappa shape index (κ2) is 24.0. The van der Waals surface area contributed by atoms with Gasteiger partial charge < -0.3 is 26.2 Å². The summed E-state index contributed by atoms with van der Waals surface area (Å²) in [7, 11) is -27.7. The van der Waals surface area contributed by atoms with Crippen molar-refractivity contribution in [1.29, 1.82) is 0 Å². The van der Waals surface area contributed by atoms with Crippen LogP contribution >= 0.6 is 24.1 Å². The third kappa shape index (κ3) is 13.6. The first-order valence-electron chi connectivity index (χ1n) is 20.9. The number of azo groups is 4. The number of anilines is 1. The van der Waals surface area contributed by atoms with Crippen LogP contribution < -0.4 is 5.73 Å². The third-order valence-electron chi connectivity index (χ3n) is 10.6. The van der Waals surface area contributed by atoms with Crippen molar-refractivity contribution in [1.82, 2.24) is 0 Å². The molecule has 0 aliphatic heterocycles. The number of nitrogen functional groups attached to an aromatic ring is 1. The van der Waals surface area contributed by atoms with Gasteiger partial charge in [-0.15, -0.1) is 44.5 Å². The number of carboxylic acids is 1. The molecule has 0 aromatic heterocycles. The summed E-state index contributed by atoms with van der Waals surface area (Å²) in [5.41, 5.74) is -2.88. The Labute approximate surface area is 473 Å². The Hall–Kier alpha value is -8.46. The summed E-state index contributed by atoms with van der Waals surface area (Å²) in [4.78, 5) is 14.1. The van der Waals surface area contributed by atoms with Gasteiger partial charge in [-0.05, 0) is 66.7 Å². The Bertz CT molecular complexity index is 4680. The first-order chi connectivity index (χ1) is 39.1. The van der Waals surface area contributed by atoms with Crippen LogP contribution in [0, 0.1) is 10.1 Å². The van der Waals surface area contributed by atoms with Crippen LogP contribution in [0.1, 0.15) is 10.4 Å². The zero-order chi connectivity index (χ0) is 62.2. The molecule has 84 heavy (non-hydrogen) atoms. The minimum atomic E-state index is -5.77. The molecule has 7 aromatic carbocycles. The molecule has 38 nitrogen and oxygen atoms in total. The summed E-state index contributed by atoms with van der Waals surface area (Å²) in [5, 5.41) is 104. The van der Waals surface area contributed by atoms with Crippen LogP contribution in [0.15, 0.2) is 154 Å². The average molecular weight is 1310 g/mol. The number of carboxylic acid groups (broad SMARTS) is 1. The van der Waals surface area contributed by atoms with Gasteiger partial charge >= 0.3 is 5.97 Å². The number of nitro benzene ring substituents is 1. The van der Waals surface area contributed by atoms with E-state index in [1.165, 1.54) is 0 Å². The normalized spacial score (nSPS) is 12.9. The molecule has 7 aromatic rings. The Morgan fingerprint density at radius 3 is 1.63 bits per heavy atom. The molecule has 0 saturated carbocycles. The van der Waals surface area contributed by atoms with Crippen LogP contribution in [0.2, 0.25) is 0 Å². The number of nitrogens with two attached hydrogens (primary N) is 1. The highest BCUT2D eigenvalue weighted by Crippen LogP contribution is 2.51. The molecule has 0 aliphatic rings. The smallest absolute Gasteiger partial charge is 0.339 e. The zero-order valence-corrected chi connectivity index (χ0v) is 45.5. The molecule has 442 valence electrons. The molecule has 0 bridgehead atoms. The van der Waals surface area contributed by atoms with E-state index in [1.807, 2.05) is 0 Å². The largest absolute Gasteiger partial charge is 0.507 e. The lowest BCUT2D eigenvalue weighted by molar-refractivity contribution is -0.432. The topological polar surface area (TPSA) is 615 Å². The van der Waals surface area contributed by atoms with Crippen molar-refractivity contribution in [2.75, 3.05) is 5.73 Å². The number of hydrogen-bond donors (Lipinski definition) is 12. The van der Waals surface area contributed by atoms with E-state index in [1.54, 1.807) is 0 Å². The second-order valence-corrected chi connectivity index (χ2v) is 24.1. The molecule has 45 heteroatoms. The highest BCUT2D eigenvalue weighted by atomic mass is 32.2. The SMILES string of the molecule is Nc1c(N=Nc2ccc3c(O)c(N=Nc4cc(S(=O)(=O)O)c(N=Nc5ccc(O)c(C(=O)O)c5)cc4SOOO)c(S(=O)(=O)O)cc3c2S(=O)(=O)O)cc(S(=O)(=O)O)c2cc(SOOO)c(N=Nc3ccc([N+](=O)[O-])cc3S(=O)(=O)O)c(O)c12. The van der Waals surface area contributed by atoms with Gasteiger partial charge in [0, 0.05) is 28.3 Å². The van der Waals surface area contributed by atoms with E-state index in [9.17, 15) is 100 Å². The maximum atomic E-state index is 13.2. The highest BCUT2D eigenvalue weighted by Gasteiger charge is 2.31. The van der Waals surface area contributed by atoms with Crippen molar-refractivity contribution in [2.24, 2.45) is 40.9 Å². The van der Waals surface area contributed by atoms with E-state index in [0.29, 0.717) is 36.4 Å². The van der Waals surface area contributed by atoms with Gasteiger partial charge in [-0.25, -0.2) is 15.3 Å². The van der Waals surface area contributed by atoms with Crippen molar-refractivity contribution < 1.29 is 124 Å². The fourth-order valence-corrected chi connectivity index (χ4v) is 11.5. The summed E-state index contributed by atoms with van der Waals surface area (Å²) >= 11 is -0.0565. The molecule has 0 saturated heterocycles. The Morgan fingerprint density at radius 2 is 1.05 bits per heavy atom. The van der Waals surface area contributed by atoms with Gasteiger partial charge in [0.15, 0.2) is 11.5 Å². The number of nitrogens with zero attached hydrogens (tertiary/aromatic N) is 9. The molecule has 7 rings (SSSR count). The monoisotopic (exact) mass is 1310 g/mol. The van der Waals surface area contributed by atoms with Crippen LogP contribution in [-0.4, -0.2) is 107 Å². The fourth-order valence-electron chi connectivity index (χ4n) is 7.15. The minimum absolute atomic E-state index is 0.00421. The molecular formula is C39H26N10O28S7. The lowest BCUT2D eigenvalue weighted by Crippen LogP contribution is -2.03. The van der Waals surface area contributed by atoms with Crippen molar-refractivity contribution in [3.05, 3.63) is 94.5 Å². The van der Waals surface area contributed by atoms with Crippen LogP contribution in [0.4, 0.5) is 56.9 Å². The van der Waals surface area contributed by atoms with Crippen molar-refractivity contribution in [3.63, 3.8) is 0 Å². The summed E-state index contributed by atoms with van der Waals surface area (Å²) in [6, 6.07) is 8.61. The van der Waals surface area contributed by atoms with Crippen molar-refractivity contribution in [3.8, 4) is 17.2 Å². The van der Waals surface area contributed by atoms with E-state index >= 15 is 0 Å². The second-order valence-electron chi connectivity index (χ2n) is 15.7. The number of phenols is 3. The Morgan fingerprint density at radius 1 is 0.512 bits per heavy atom. The maximum Gasteiger partial charge on any atom is 0.339 e. The molecule has 0 aliphatic carbocycles. The number of nitro groups is 1. The molecule has 0 fully saturated rings. The molecule has 0 amide bonds. The maximum absolute atomic E-state index is 13.2. The van der Waals surface area contributed by atoms with Gasteiger partial charge in [0.25, 0.3) is 56.3 Å². The quantitative estimate of drug-likeness (QED) is 0.00607. The standard InChI is InChI=1S/C39H26N10O28S7/c40-33-24(13-28(80(59,60)61)19-9-27(79-77-75-58)34(37(52)32(19)33)47-42-20-4-2-15(49(55)56)8-29(20)81(62,63)64)46-43-21-5-3-16-17(38(21)84(71,72)73)10-31(83(68,69)70)35(36(16)51)48-44-22-12-30(82(65,66)67)23(11-26(22)78-76-74-57)45-41-14-1-6-25(50)18(7-14)39(53)54/h1-13,50-52,57-58H,40H2,(H,53,54)(H,59,60,61)(H,62,63,64)(H,65,66,67)(H,68,69,70)(H,71,72,73). The number of hydrogen-bond acceptors (Lipinski definition) is 33. The van der Waals surface area contributed by atoms with E-state index in [4.69, 9.17) is 16.2 Å². The minimum Gasteiger partial charge on any atom is -0.507 e. The number of phenolic OH excluding ortho intramolecular Hbond substituents is 2. The summed E-state index contributed by atoms with van der Waals surface area (Å²) < 4.78 is 187. The van der Waals surface area contributed by atoms with Gasteiger partial charge in [0.2, 0.25) is 0 Å². The van der Waals surface area contributed by atoms with Crippen LogP contribution in [0.5, 0.6) is 17.2 Å². The molecule has 13 N–H and O–H groups in total. The molecule has 0 spiro atoms. The van der Waals surface area contributed by atoms with E-state index < -0.39 is 191 Å². The first-order valence-corrected chi connectivity index (χ1v) is 29.6. The molecule has 0 unspecified atom stereocenters. The lowest BCUT2D eigenvalue weighted by Gasteiger charge is -2.15. The summed E-state index contributed by atoms with van der Waals surface area (Å²) in [5.74, 6) is -4.95. The van der Waals surface area contributed by atoms with Crippen LogP contribution in [-0.2, 0) is 69.3 Å². The number of rotatable bonds is 21. The highest BCUT2D eigenvalue weighted by molar-refractivity contribution is 7.95. The Kier molecular flexibility index (Phi) is 18.1. The number of aromatic hydroxyl groups is 3. The van der Waals surface area contributed by atoms with Gasteiger partial charge in [-0.1, -0.05) is 10.1 Å². The molecular weight excluding hydrogens is 1280 g/mol. The number of non-ortho nitro benzene ring substituents is 1. The van der Waals surface area contributed by atoms with E-state index in [0.717, 1.165) is 36.4 Å². The first kappa shape index (κ1) is 63.1. The van der Waals surface area contributed by atoms with Gasteiger partial charge in [0.05, 0.1) is 55.6 Å². The predicted molar refractivity (Wildman–Crippen MR) is 277 cm³/mol. The van der Waals surface area contributed by atoms with Crippen LogP contribution in [0.3, 0.4) is 0 Å². The number of carbonyl (C=O) groups is 1. The summed E-state index contributed by atoms with van der Waals surface area (Å²) in [6.45, 7) is 0. The van der Waals surface area contributed by atoms with E-state index in [2.05, 4.69) is 59.7 Å². The Balaban J connectivity index is 1.40. The average Bonchev–Trinajstić information content (AvgIpc) is 1.67. The fraction of sp³-hybridized carbons (Fsp3) is 0. The van der Waals surface area contributed by atoms with Crippen molar-refractivity contribution in [2.45, 2.75) is 34.3 Å². The third-order valence-corrected chi connectivity index (χ3v) is 16.3. The molecule has 0 radical (unpaired) electrons. The zero-order valence-electron chi connectivity index (χ0n) is 39.8. The van der Waals surface area contributed by atoms with Crippen molar-refractivity contribution >= 4 is 159 Å². The lowest BCUT2D eigenvalue weighted by atomic mass is 10.0. The van der Waals surface area contributed by atoms with Gasteiger partial charge in [0.1, 0.15) is 75.6 Å². The van der Waals surface area contributed by atoms with Gasteiger partial charge in [-0.3, -0.25) is 32.9 Å². The van der Waals surface area contributed by atoms with E-state index in [-0.39, 0.29) is 35.8 Å².